The fraction of sp³-hybridized carbons (Fsp3) is 0.125. The first-order valence-corrected chi connectivity index (χ1v) is 6.29. The molecule has 0 aliphatic heterocycles. The Morgan fingerprint density at radius 3 is 2.35 bits per heavy atom. The van der Waals surface area contributed by atoms with Crippen LogP contribution in [0.2, 0.25) is 0 Å². The summed E-state index contributed by atoms with van der Waals surface area (Å²) in [5.74, 6) is 0.811. The molecule has 4 heteroatoms. The van der Waals surface area contributed by atoms with Crippen LogP contribution >= 0.6 is 0 Å². The van der Waals surface area contributed by atoms with Gasteiger partial charge in [-0.25, -0.2) is 0 Å². The average Bonchev–Trinajstić information content (AvgIpc) is 2.47. The van der Waals surface area contributed by atoms with Gasteiger partial charge in [0.15, 0.2) is 0 Å². The molecule has 1 aromatic carbocycles. The summed E-state index contributed by atoms with van der Waals surface area (Å²) in [5.41, 5.74) is 2.25. The van der Waals surface area contributed by atoms with Gasteiger partial charge in [-0.05, 0) is 35.7 Å². The van der Waals surface area contributed by atoms with Crippen LogP contribution < -0.4 is 4.74 Å². The third kappa shape index (κ3) is 4.92. The van der Waals surface area contributed by atoms with Crippen LogP contribution in [0.15, 0.2) is 66.2 Å². The topological polar surface area (TPSA) is 49.7 Å². The molecule has 20 heavy (non-hydrogen) atoms. The van der Waals surface area contributed by atoms with Crippen molar-refractivity contribution >= 4 is 13.2 Å². The lowest BCUT2D eigenvalue weighted by atomic mass is 9.78. The lowest BCUT2D eigenvalue weighted by molar-refractivity contribution is 0.415. The minimum Gasteiger partial charge on any atom is -0.497 e. The van der Waals surface area contributed by atoms with Gasteiger partial charge in [0, 0.05) is 0 Å². The van der Waals surface area contributed by atoms with Crippen LogP contribution in [0.3, 0.4) is 0 Å². The SMILES string of the molecule is C=C\C(=C/C(=C\C)/C=C/c1ccc(OC)cc1)B(O)O. The molecule has 0 atom stereocenters. The molecule has 1 aromatic rings. The monoisotopic (exact) mass is 270 g/mol. The predicted octanol–water partition coefficient (Wildman–Crippen LogP) is 2.78. The van der Waals surface area contributed by atoms with Crippen molar-refractivity contribution in [2.75, 3.05) is 7.11 Å². The quantitative estimate of drug-likeness (QED) is 0.617. The van der Waals surface area contributed by atoms with Gasteiger partial charge >= 0.3 is 7.12 Å². The molecule has 2 N–H and O–H groups in total. The molecule has 0 aliphatic rings. The number of rotatable bonds is 6. The van der Waals surface area contributed by atoms with Gasteiger partial charge in [-0.15, -0.1) is 0 Å². The molecule has 0 amide bonds. The van der Waals surface area contributed by atoms with Crippen LogP contribution in [0.25, 0.3) is 6.08 Å². The van der Waals surface area contributed by atoms with Crippen LogP contribution in [0.5, 0.6) is 5.75 Å². The second kappa shape index (κ2) is 8.20. The highest BCUT2D eigenvalue weighted by atomic mass is 16.5. The van der Waals surface area contributed by atoms with Crippen molar-refractivity contribution in [1.29, 1.82) is 0 Å². The van der Waals surface area contributed by atoms with E-state index in [1.807, 2.05) is 49.4 Å². The van der Waals surface area contributed by atoms with E-state index in [2.05, 4.69) is 6.58 Å². The molecule has 1 rings (SSSR count). The Labute approximate surface area is 120 Å². The molecule has 0 aromatic heterocycles. The first-order chi connectivity index (χ1) is 9.60. The van der Waals surface area contributed by atoms with Crippen molar-refractivity contribution < 1.29 is 14.8 Å². The van der Waals surface area contributed by atoms with Crippen molar-refractivity contribution in [3.63, 3.8) is 0 Å². The lowest BCUT2D eigenvalue weighted by Gasteiger charge is -2.01. The molecule has 0 unspecified atom stereocenters. The van der Waals surface area contributed by atoms with Crippen LogP contribution in [-0.2, 0) is 0 Å². The molecule has 104 valence electrons. The van der Waals surface area contributed by atoms with Gasteiger partial charge in [0.25, 0.3) is 0 Å². The Morgan fingerprint density at radius 1 is 1.25 bits per heavy atom. The van der Waals surface area contributed by atoms with Crippen molar-refractivity contribution in [3.05, 3.63) is 71.8 Å². The zero-order valence-electron chi connectivity index (χ0n) is 11.8. The van der Waals surface area contributed by atoms with E-state index in [0.29, 0.717) is 5.47 Å². The first-order valence-electron chi connectivity index (χ1n) is 6.29. The summed E-state index contributed by atoms with van der Waals surface area (Å²) in [5, 5.41) is 18.3. The summed E-state index contributed by atoms with van der Waals surface area (Å²) in [6, 6.07) is 7.66. The van der Waals surface area contributed by atoms with E-state index in [1.165, 1.54) is 6.08 Å². The number of hydrogen-bond acceptors (Lipinski definition) is 3. The van der Waals surface area contributed by atoms with Crippen LogP contribution in [0.1, 0.15) is 12.5 Å². The van der Waals surface area contributed by atoms with Gasteiger partial charge in [-0.3, -0.25) is 0 Å². The molecule has 0 saturated carbocycles. The van der Waals surface area contributed by atoms with Gasteiger partial charge in [-0.1, -0.05) is 49.1 Å². The van der Waals surface area contributed by atoms with E-state index in [-0.39, 0.29) is 0 Å². The van der Waals surface area contributed by atoms with Crippen LogP contribution in [-0.4, -0.2) is 24.3 Å². The standard InChI is InChI=1S/C16H19BO3/c1-4-13(12-15(5-2)17(18)19)6-7-14-8-10-16(20-3)11-9-14/h4-12,18-19H,2H2,1,3H3/b7-6+,13-4-,15-12+. The van der Waals surface area contributed by atoms with Gasteiger partial charge in [0.05, 0.1) is 7.11 Å². The van der Waals surface area contributed by atoms with Gasteiger partial charge in [0.1, 0.15) is 5.75 Å². The zero-order chi connectivity index (χ0) is 15.0. The Hall–Kier alpha value is -2.04. The minimum absolute atomic E-state index is 0.359. The number of allylic oxidation sites excluding steroid dienone is 6. The lowest BCUT2D eigenvalue weighted by Crippen LogP contribution is -2.13. The molecule has 0 fully saturated rings. The molecule has 3 nitrogen and oxygen atoms in total. The molecular weight excluding hydrogens is 251 g/mol. The molecule has 0 bridgehead atoms. The number of methoxy groups -OCH3 is 1. The summed E-state index contributed by atoms with van der Waals surface area (Å²) >= 11 is 0. The Bertz CT molecular complexity index is 525. The fourth-order valence-corrected chi connectivity index (χ4v) is 1.57. The number of hydrogen-bond donors (Lipinski definition) is 2. The van der Waals surface area contributed by atoms with Crippen molar-refractivity contribution in [2.24, 2.45) is 0 Å². The van der Waals surface area contributed by atoms with E-state index >= 15 is 0 Å². The summed E-state index contributed by atoms with van der Waals surface area (Å²) in [4.78, 5) is 0. The number of ether oxygens (including phenoxy) is 1. The van der Waals surface area contributed by atoms with E-state index in [0.717, 1.165) is 16.9 Å². The van der Waals surface area contributed by atoms with Crippen molar-refractivity contribution in [3.8, 4) is 5.75 Å². The van der Waals surface area contributed by atoms with Crippen molar-refractivity contribution in [2.45, 2.75) is 6.92 Å². The van der Waals surface area contributed by atoms with Gasteiger partial charge in [-0.2, -0.15) is 0 Å². The molecular formula is C16H19BO3. The average molecular weight is 270 g/mol. The normalized spacial score (nSPS) is 12.6. The zero-order valence-corrected chi connectivity index (χ0v) is 11.8. The van der Waals surface area contributed by atoms with Crippen molar-refractivity contribution in [1.82, 2.24) is 0 Å². The molecule has 0 aliphatic carbocycles. The minimum atomic E-state index is -1.52. The highest BCUT2D eigenvalue weighted by molar-refractivity contribution is 6.51. The van der Waals surface area contributed by atoms with E-state index in [9.17, 15) is 0 Å². The molecule has 0 saturated heterocycles. The third-order valence-electron chi connectivity index (χ3n) is 2.78. The summed E-state index contributed by atoms with van der Waals surface area (Å²) < 4.78 is 5.10. The Kier molecular flexibility index (Phi) is 6.57. The predicted molar refractivity (Wildman–Crippen MR) is 84.3 cm³/mol. The highest BCUT2D eigenvalue weighted by Gasteiger charge is 2.10. The molecule has 0 radical (unpaired) electrons. The highest BCUT2D eigenvalue weighted by Crippen LogP contribution is 2.14. The maximum absolute atomic E-state index is 9.15. The van der Waals surface area contributed by atoms with Gasteiger partial charge in [0.2, 0.25) is 0 Å². The van der Waals surface area contributed by atoms with E-state index in [1.54, 1.807) is 13.2 Å². The van der Waals surface area contributed by atoms with Crippen LogP contribution in [0, 0.1) is 0 Å². The summed E-state index contributed by atoms with van der Waals surface area (Å²) in [6.07, 6.45) is 8.82. The van der Waals surface area contributed by atoms with E-state index < -0.39 is 7.12 Å². The first kappa shape index (κ1) is 16.0. The second-order valence-electron chi connectivity index (χ2n) is 4.12. The summed E-state index contributed by atoms with van der Waals surface area (Å²) in [6.45, 7) is 5.44. The second-order valence-corrected chi connectivity index (χ2v) is 4.12. The molecule has 0 spiro atoms. The largest absolute Gasteiger partial charge is 0.497 e. The Balaban J connectivity index is 2.87. The smallest absolute Gasteiger partial charge is 0.488 e. The van der Waals surface area contributed by atoms with Crippen LogP contribution in [0.4, 0.5) is 0 Å². The Morgan fingerprint density at radius 2 is 1.90 bits per heavy atom. The number of benzene rings is 1. The molecule has 0 heterocycles. The summed E-state index contributed by atoms with van der Waals surface area (Å²) in [7, 11) is 0.113. The van der Waals surface area contributed by atoms with E-state index in [4.69, 9.17) is 14.8 Å². The maximum Gasteiger partial charge on any atom is 0.488 e. The van der Waals surface area contributed by atoms with Gasteiger partial charge < -0.3 is 14.8 Å². The maximum atomic E-state index is 9.15. The third-order valence-corrected chi connectivity index (χ3v) is 2.78. The fourth-order valence-electron chi connectivity index (χ4n) is 1.57.